The van der Waals surface area contributed by atoms with E-state index < -0.39 is 6.23 Å². The molecule has 1 unspecified atom stereocenters. The minimum Gasteiger partial charge on any atom is -0.508 e. The monoisotopic (exact) mass is 285 g/mol. The van der Waals surface area contributed by atoms with E-state index in [1.54, 1.807) is 42.5 Å². The SMILES string of the molecule is O=C1c2ccccc2C(O)N1CCOc1cccc(O)c1. The Morgan fingerprint density at radius 1 is 1.14 bits per heavy atom. The standard InChI is InChI=1S/C16H15NO4/c18-11-4-3-5-12(10-11)21-9-8-17-15(19)13-6-1-2-7-14(13)16(17)20/h1-7,10,15,18-19H,8-9H2. The summed E-state index contributed by atoms with van der Waals surface area (Å²) in [5.41, 5.74) is 1.15. The van der Waals surface area contributed by atoms with Gasteiger partial charge in [0.25, 0.3) is 5.91 Å². The van der Waals surface area contributed by atoms with Crippen LogP contribution in [0, 0.1) is 0 Å². The third-order valence-electron chi connectivity index (χ3n) is 3.44. The summed E-state index contributed by atoms with van der Waals surface area (Å²) in [7, 11) is 0. The predicted molar refractivity (Wildman–Crippen MR) is 76.0 cm³/mol. The Balaban J connectivity index is 1.63. The Labute approximate surface area is 122 Å². The second-order valence-electron chi connectivity index (χ2n) is 4.81. The smallest absolute Gasteiger partial charge is 0.256 e. The number of nitrogens with zero attached hydrogens (tertiary/aromatic N) is 1. The molecule has 0 aliphatic carbocycles. The predicted octanol–water partition coefficient (Wildman–Crippen LogP) is 1.92. The number of aromatic hydroxyl groups is 1. The van der Waals surface area contributed by atoms with Crippen molar-refractivity contribution in [3.05, 3.63) is 59.7 Å². The second-order valence-corrected chi connectivity index (χ2v) is 4.81. The number of carbonyl (C=O) groups is 1. The van der Waals surface area contributed by atoms with Crippen LogP contribution in [0.3, 0.4) is 0 Å². The molecule has 5 heteroatoms. The number of aliphatic hydroxyl groups excluding tert-OH is 1. The van der Waals surface area contributed by atoms with E-state index in [9.17, 15) is 15.0 Å². The summed E-state index contributed by atoms with van der Waals surface area (Å²) in [6, 6.07) is 13.5. The number of fused-ring (bicyclic) bond motifs is 1. The van der Waals surface area contributed by atoms with Crippen molar-refractivity contribution >= 4 is 5.91 Å². The van der Waals surface area contributed by atoms with Crippen molar-refractivity contribution in [1.82, 2.24) is 4.90 Å². The first-order valence-electron chi connectivity index (χ1n) is 6.66. The van der Waals surface area contributed by atoms with Crippen LogP contribution in [-0.2, 0) is 0 Å². The van der Waals surface area contributed by atoms with Gasteiger partial charge in [-0.3, -0.25) is 4.79 Å². The molecule has 2 aromatic rings. The van der Waals surface area contributed by atoms with Crippen molar-refractivity contribution in [3.8, 4) is 11.5 Å². The summed E-state index contributed by atoms with van der Waals surface area (Å²) in [4.78, 5) is 13.5. The van der Waals surface area contributed by atoms with E-state index in [0.29, 0.717) is 16.9 Å². The van der Waals surface area contributed by atoms with Gasteiger partial charge in [0.15, 0.2) is 6.23 Å². The van der Waals surface area contributed by atoms with E-state index in [0.717, 1.165) is 0 Å². The summed E-state index contributed by atoms with van der Waals surface area (Å²) in [6.45, 7) is 0.505. The van der Waals surface area contributed by atoms with Crippen LogP contribution in [0.15, 0.2) is 48.5 Å². The molecule has 0 aromatic heterocycles. The Kier molecular flexibility index (Phi) is 3.50. The minimum absolute atomic E-state index is 0.122. The van der Waals surface area contributed by atoms with Gasteiger partial charge in [-0.15, -0.1) is 0 Å². The largest absolute Gasteiger partial charge is 0.508 e. The van der Waals surface area contributed by atoms with Gasteiger partial charge in [-0.2, -0.15) is 0 Å². The lowest BCUT2D eigenvalue weighted by Crippen LogP contribution is -2.32. The number of aliphatic hydroxyl groups is 1. The highest BCUT2D eigenvalue weighted by atomic mass is 16.5. The molecule has 0 fully saturated rings. The maximum Gasteiger partial charge on any atom is 0.256 e. The average Bonchev–Trinajstić information content (AvgIpc) is 2.73. The molecule has 108 valence electrons. The lowest BCUT2D eigenvalue weighted by atomic mass is 10.1. The molecule has 5 nitrogen and oxygen atoms in total. The van der Waals surface area contributed by atoms with Crippen molar-refractivity contribution in [1.29, 1.82) is 0 Å². The summed E-state index contributed by atoms with van der Waals surface area (Å²) in [6.07, 6.45) is -0.929. The van der Waals surface area contributed by atoms with Crippen LogP contribution in [0.2, 0.25) is 0 Å². The van der Waals surface area contributed by atoms with Crippen molar-refractivity contribution < 1.29 is 19.7 Å². The zero-order chi connectivity index (χ0) is 14.8. The Morgan fingerprint density at radius 2 is 1.95 bits per heavy atom. The van der Waals surface area contributed by atoms with Crippen LogP contribution >= 0.6 is 0 Å². The maximum absolute atomic E-state index is 12.2. The van der Waals surface area contributed by atoms with Crippen LogP contribution < -0.4 is 4.74 Å². The number of hydrogen-bond acceptors (Lipinski definition) is 4. The lowest BCUT2D eigenvalue weighted by Gasteiger charge is -2.20. The lowest BCUT2D eigenvalue weighted by molar-refractivity contribution is 0.0124. The van der Waals surface area contributed by atoms with Gasteiger partial charge in [0.2, 0.25) is 0 Å². The van der Waals surface area contributed by atoms with Crippen molar-refractivity contribution in [2.24, 2.45) is 0 Å². The van der Waals surface area contributed by atoms with Crippen molar-refractivity contribution in [2.45, 2.75) is 6.23 Å². The molecule has 2 aromatic carbocycles. The highest BCUT2D eigenvalue weighted by molar-refractivity contribution is 5.98. The molecule has 1 aliphatic rings. The number of rotatable bonds is 4. The van der Waals surface area contributed by atoms with E-state index in [-0.39, 0.29) is 24.8 Å². The number of ether oxygens (including phenoxy) is 1. The molecule has 3 rings (SSSR count). The molecule has 0 bridgehead atoms. The molecular weight excluding hydrogens is 270 g/mol. The fourth-order valence-electron chi connectivity index (χ4n) is 2.41. The molecule has 0 spiro atoms. The fraction of sp³-hybridized carbons (Fsp3) is 0.188. The summed E-state index contributed by atoms with van der Waals surface area (Å²) in [5.74, 6) is 0.448. The van der Waals surface area contributed by atoms with E-state index in [2.05, 4.69) is 0 Å². The quantitative estimate of drug-likeness (QED) is 0.900. The zero-order valence-electron chi connectivity index (χ0n) is 11.3. The molecule has 0 saturated heterocycles. The van der Waals surface area contributed by atoms with Gasteiger partial charge in [0.1, 0.15) is 18.1 Å². The summed E-state index contributed by atoms with van der Waals surface area (Å²) in [5, 5.41) is 19.5. The highest BCUT2D eigenvalue weighted by Crippen LogP contribution is 2.30. The average molecular weight is 285 g/mol. The molecule has 1 atom stereocenters. The van der Waals surface area contributed by atoms with Crippen molar-refractivity contribution in [3.63, 3.8) is 0 Å². The summed E-state index contributed by atoms with van der Waals surface area (Å²) >= 11 is 0. The number of benzene rings is 2. The first kappa shape index (κ1) is 13.5. The van der Waals surface area contributed by atoms with E-state index in [1.165, 1.54) is 11.0 Å². The Bertz CT molecular complexity index is 671. The van der Waals surface area contributed by atoms with Gasteiger partial charge in [-0.1, -0.05) is 24.3 Å². The molecule has 0 saturated carbocycles. The zero-order valence-corrected chi connectivity index (χ0v) is 11.3. The van der Waals surface area contributed by atoms with Crippen molar-refractivity contribution in [2.75, 3.05) is 13.2 Å². The fourth-order valence-corrected chi connectivity index (χ4v) is 2.41. The van der Waals surface area contributed by atoms with Gasteiger partial charge in [0.05, 0.1) is 6.54 Å². The molecule has 1 amide bonds. The molecule has 1 heterocycles. The summed E-state index contributed by atoms with van der Waals surface area (Å²) < 4.78 is 5.48. The van der Waals surface area contributed by atoms with Crippen LogP contribution in [0.5, 0.6) is 11.5 Å². The Hall–Kier alpha value is -2.53. The topological polar surface area (TPSA) is 70.0 Å². The number of hydrogen-bond donors (Lipinski definition) is 2. The first-order valence-corrected chi connectivity index (χ1v) is 6.66. The highest BCUT2D eigenvalue weighted by Gasteiger charge is 2.34. The minimum atomic E-state index is -0.929. The van der Waals surface area contributed by atoms with Gasteiger partial charge in [0, 0.05) is 17.2 Å². The normalized spacial score (nSPS) is 16.9. The van der Waals surface area contributed by atoms with Crippen LogP contribution in [0.4, 0.5) is 0 Å². The third kappa shape index (κ3) is 2.55. The van der Waals surface area contributed by atoms with Gasteiger partial charge < -0.3 is 19.8 Å². The van der Waals surface area contributed by atoms with Gasteiger partial charge in [-0.05, 0) is 18.2 Å². The van der Waals surface area contributed by atoms with Crippen LogP contribution in [-0.4, -0.2) is 34.2 Å². The molecule has 0 radical (unpaired) electrons. The molecule has 21 heavy (non-hydrogen) atoms. The van der Waals surface area contributed by atoms with Crippen LogP contribution in [0.25, 0.3) is 0 Å². The molecular formula is C16H15NO4. The van der Waals surface area contributed by atoms with Crippen LogP contribution in [0.1, 0.15) is 22.1 Å². The van der Waals surface area contributed by atoms with E-state index >= 15 is 0 Å². The first-order chi connectivity index (χ1) is 10.2. The number of phenolic OH excluding ortho intramolecular Hbond substituents is 1. The maximum atomic E-state index is 12.2. The van der Waals surface area contributed by atoms with E-state index in [4.69, 9.17) is 4.74 Å². The number of carbonyl (C=O) groups excluding carboxylic acids is 1. The number of amides is 1. The van der Waals surface area contributed by atoms with E-state index in [1.807, 2.05) is 0 Å². The molecule has 2 N–H and O–H groups in total. The second kappa shape index (κ2) is 5.46. The Morgan fingerprint density at radius 3 is 2.71 bits per heavy atom. The van der Waals surface area contributed by atoms with Gasteiger partial charge in [-0.25, -0.2) is 0 Å². The van der Waals surface area contributed by atoms with Gasteiger partial charge >= 0.3 is 0 Å². The molecule has 1 aliphatic heterocycles. The third-order valence-corrected chi connectivity index (χ3v) is 3.44. The number of phenols is 1.